The largest absolute Gasteiger partial charge is 0.489 e. The van der Waals surface area contributed by atoms with Crippen molar-refractivity contribution in [3.63, 3.8) is 0 Å². The zero-order valence-electron chi connectivity index (χ0n) is 12.6. The minimum absolute atomic E-state index is 0.254. The molecule has 0 aromatic rings. The minimum atomic E-state index is -4.83. The Morgan fingerprint density at radius 2 is 1.81 bits per heavy atom. The quantitative estimate of drug-likeness (QED) is 0.326. The third kappa shape index (κ3) is 5.76. The van der Waals surface area contributed by atoms with Crippen LogP contribution in [0, 0.1) is 0 Å². The van der Waals surface area contributed by atoms with Crippen LogP contribution in [-0.4, -0.2) is 36.4 Å². The maximum absolute atomic E-state index is 11.0. The highest BCUT2D eigenvalue weighted by molar-refractivity contribution is 7.80. The third-order valence-electron chi connectivity index (χ3n) is 3.21. The number of rotatable bonds is 5. The van der Waals surface area contributed by atoms with E-state index in [0.29, 0.717) is 5.34 Å². The highest BCUT2D eigenvalue weighted by Gasteiger charge is 2.44. The average molecular weight is 342 g/mol. The van der Waals surface area contributed by atoms with Crippen LogP contribution in [0.2, 0.25) is 0 Å². The van der Waals surface area contributed by atoms with Gasteiger partial charge in [0, 0.05) is 11.1 Å². The molecule has 0 aromatic carbocycles. The summed E-state index contributed by atoms with van der Waals surface area (Å²) in [6.45, 7) is 7.85. The van der Waals surface area contributed by atoms with E-state index in [1.54, 1.807) is 5.06 Å². The number of hydroxylamine groups is 2. The Balaban J connectivity index is 2.93. The van der Waals surface area contributed by atoms with Crippen LogP contribution in [0.15, 0.2) is 0 Å². The number of nitrogens with two attached hydrogens (primary N) is 1. The lowest BCUT2D eigenvalue weighted by molar-refractivity contribution is -0.481. The van der Waals surface area contributed by atoms with Crippen molar-refractivity contribution in [3.05, 3.63) is 0 Å². The first-order valence-electron chi connectivity index (χ1n) is 6.43. The second-order valence-electron chi connectivity index (χ2n) is 6.16. The maximum Gasteiger partial charge on any atom is 0.489 e. The van der Waals surface area contributed by atoms with Crippen molar-refractivity contribution in [2.45, 2.75) is 58.0 Å². The van der Waals surface area contributed by atoms with Crippen LogP contribution >= 0.6 is 20.0 Å². The van der Waals surface area contributed by atoms with Crippen LogP contribution in [0.4, 0.5) is 0 Å². The number of piperidine rings is 1. The molecule has 0 aromatic heterocycles. The molecule has 1 fully saturated rings. The molecule has 0 amide bonds. The summed E-state index contributed by atoms with van der Waals surface area (Å²) in [6.07, 6.45) is 2.72. The summed E-state index contributed by atoms with van der Waals surface area (Å²) in [5.74, 6) is 0. The normalized spacial score (nSPS) is 22.2. The number of hydrogen-bond acceptors (Lipinski definition) is 6. The van der Waals surface area contributed by atoms with E-state index < -0.39 is 7.82 Å². The third-order valence-corrected chi connectivity index (χ3v) is 3.67. The molecule has 0 unspecified atom stereocenters. The molecular weight excluding hydrogens is 319 g/mol. The van der Waals surface area contributed by atoms with Crippen LogP contribution < -0.4 is 11.2 Å². The van der Waals surface area contributed by atoms with Crippen LogP contribution in [0.3, 0.4) is 0 Å². The Morgan fingerprint density at radius 1 is 1.33 bits per heavy atom. The number of hydrazine groups is 1. The second kappa shape index (κ2) is 6.43. The summed E-state index contributed by atoms with van der Waals surface area (Å²) in [6, 6.07) is 0. The number of nitrogens with one attached hydrogen (secondary N) is 1. The van der Waals surface area contributed by atoms with Gasteiger partial charge in [0.2, 0.25) is 0 Å². The Morgan fingerprint density at radius 3 is 2.19 bits per heavy atom. The molecule has 1 saturated heterocycles. The highest BCUT2D eigenvalue weighted by Crippen LogP contribution is 2.41. The van der Waals surface area contributed by atoms with E-state index in [0.717, 1.165) is 19.3 Å². The first-order chi connectivity index (χ1) is 9.33. The van der Waals surface area contributed by atoms with Crippen LogP contribution in [0.25, 0.3) is 0 Å². The topological polar surface area (TPSA) is 121 Å². The molecule has 0 aliphatic carbocycles. The smallest absolute Gasteiger partial charge is 0.375 e. The van der Waals surface area contributed by atoms with Crippen LogP contribution in [0.5, 0.6) is 0 Å². The zero-order chi connectivity index (χ0) is 16.5. The number of phosphoric acid groups is 1. The summed E-state index contributed by atoms with van der Waals surface area (Å²) in [5, 5.41) is 1.76. The standard InChI is InChI=1S/C10H23N4O5PS/c1-9(2)6-5-7-10(3,4)13(9)18-14(12-8(11)21)19-20(15,16)17/h5-7H2,1-4H3,(H3,11,12,21)(H2,15,16,17). The van der Waals surface area contributed by atoms with E-state index in [2.05, 4.69) is 22.3 Å². The molecule has 0 spiro atoms. The van der Waals surface area contributed by atoms with Gasteiger partial charge in [-0.05, 0) is 59.2 Å². The highest BCUT2D eigenvalue weighted by atomic mass is 32.1. The van der Waals surface area contributed by atoms with Crippen molar-refractivity contribution in [2.24, 2.45) is 5.73 Å². The molecule has 1 rings (SSSR count). The number of thiocarbonyl (C=S) groups is 1. The molecule has 1 aliphatic heterocycles. The van der Waals surface area contributed by atoms with Gasteiger partial charge in [0.15, 0.2) is 5.11 Å². The Labute approximate surface area is 129 Å². The SMILES string of the molecule is CC1(C)CCCC(C)(C)N1ON(NC(N)=S)OP(=O)(O)O. The van der Waals surface area contributed by atoms with Crippen molar-refractivity contribution in [1.29, 1.82) is 0 Å². The van der Waals surface area contributed by atoms with Crippen LogP contribution in [0.1, 0.15) is 47.0 Å². The van der Waals surface area contributed by atoms with Gasteiger partial charge in [0.1, 0.15) is 0 Å². The molecule has 11 heteroatoms. The van der Waals surface area contributed by atoms with Gasteiger partial charge in [-0.3, -0.25) is 0 Å². The van der Waals surface area contributed by atoms with Crippen molar-refractivity contribution in [3.8, 4) is 0 Å². The summed E-state index contributed by atoms with van der Waals surface area (Å²) >= 11 is 4.64. The average Bonchev–Trinajstić information content (AvgIpc) is 2.19. The summed E-state index contributed by atoms with van der Waals surface area (Å²) < 4.78 is 15.4. The Kier molecular flexibility index (Phi) is 5.73. The molecule has 124 valence electrons. The molecule has 9 nitrogen and oxygen atoms in total. The molecule has 1 heterocycles. The van der Waals surface area contributed by atoms with Gasteiger partial charge in [-0.25, -0.2) is 9.99 Å². The van der Waals surface area contributed by atoms with E-state index in [1.807, 2.05) is 27.7 Å². The molecule has 5 N–H and O–H groups in total. The summed E-state index contributed by atoms with van der Waals surface area (Å²) in [5.41, 5.74) is 6.79. The first kappa shape index (κ1) is 18.7. The fraction of sp³-hybridized carbons (Fsp3) is 0.900. The van der Waals surface area contributed by atoms with Crippen molar-refractivity contribution >= 4 is 25.2 Å². The van der Waals surface area contributed by atoms with Crippen LogP contribution in [-0.2, 0) is 14.1 Å². The minimum Gasteiger partial charge on any atom is -0.375 e. The summed E-state index contributed by atoms with van der Waals surface area (Å²) in [7, 11) is -4.83. The lowest BCUT2D eigenvalue weighted by atomic mass is 9.82. The second-order valence-corrected chi connectivity index (χ2v) is 7.74. The van der Waals surface area contributed by atoms with Crippen molar-refractivity contribution < 1.29 is 23.9 Å². The predicted molar refractivity (Wildman–Crippen MR) is 79.8 cm³/mol. The van der Waals surface area contributed by atoms with Gasteiger partial charge in [0.05, 0.1) is 5.34 Å². The van der Waals surface area contributed by atoms with Gasteiger partial charge in [-0.1, -0.05) is 0 Å². The predicted octanol–water partition coefficient (Wildman–Crippen LogP) is 0.951. The van der Waals surface area contributed by atoms with E-state index in [9.17, 15) is 4.57 Å². The fourth-order valence-electron chi connectivity index (χ4n) is 2.51. The first-order valence-corrected chi connectivity index (χ1v) is 8.37. The molecule has 0 bridgehead atoms. The lowest BCUT2D eigenvalue weighted by Gasteiger charge is -2.51. The van der Waals surface area contributed by atoms with E-state index in [-0.39, 0.29) is 16.2 Å². The van der Waals surface area contributed by atoms with Gasteiger partial charge < -0.3 is 15.5 Å². The molecule has 21 heavy (non-hydrogen) atoms. The van der Waals surface area contributed by atoms with E-state index >= 15 is 0 Å². The molecular formula is C10H23N4O5PS. The van der Waals surface area contributed by atoms with E-state index in [1.165, 1.54) is 0 Å². The van der Waals surface area contributed by atoms with Gasteiger partial charge >= 0.3 is 7.82 Å². The van der Waals surface area contributed by atoms with Gasteiger partial charge in [0.25, 0.3) is 0 Å². The molecule has 0 saturated carbocycles. The van der Waals surface area contributed by atoms with Gasteiger partial charge in [-0.15, -0.1) is 4.62 Å². The van der Waals surface area contributed by atoms with Crippen molar-refractivity contribution in [2.75, 3.05) is 0 Å². The van der Waals surface area contributed by atoms with Gasteiger partial charge in [-0.2, -0.15) is 10.0 Å². The lowest BCUT2D eigenvalue weighted by Crippen LogP contribution is -2.62. The summed E-state index contributed by atoms with van der Waals surface area (Å²) in [4.78, 5) is 23.3. The Hall–Kier alpha value is -0.320. The van der Waals surface area contributed by atoms with Crippen molar-refractivity contribution in [1.82, 2.24) is 15.8 Å². The molecule has 1 aliphatic rings. The molecule has 0 atom stereocenters. The number of hydrogen-bond donors (Lipinski definition) is 4. The fourth-order valence-corrected chi connectivity index (χ4v) is 2.85. The monoisotopic (exact) mass is 342 g/mol. The zero-order valence-corrected chi connectivity index (χ0v) is 14.3. The van der Waals surface area contributed by atoms with E-state index in [4.69, 9.17) is 20.5 Å². The molecule has 0 radical (unpaired) electrons. The number of nitrogens with zero attached hydrogens (tertiary/aromatic N) is 2. The Bertz CT molecular complexity index is 425. The maximum atomic E-state index is 11.0.